The minimum atomic E-state index is -5.81. The lowest BCUT2D eigenvalue weighted by Gasteiger charge is -2.55. The highest BCUT2D eigenvalue weighted by Gasteiger charge is 2.59. The van der Waals surface area contributed by atoms with E-state index in [2.05, 4.69) is 0 Å². The summed E-state index contributed by atoms with van der Waals surface area (Å²) in [6.45, 7) is 9.24. The van der Waals surface area contributed by atoms with Gasteiger partial charge in [0, 0.05) is 13.8 Å². The van der Waals surface area contributed by atoms with Crippen LogP contribution < -0.4 is 14.0 Å². The lowest BCUT2D eigenvalue weighted by Crippen LogP contribution is -2.68. The Morgan fingerprint density at radius 1 is 0.427 bits per heavy atom. The zero-order chi connectivity index (χ0) is 56.8. The number of unbranched alkanes of at least 4 members (excludes halogenated alkanes) is 10. The normalized spacial score (nSPS) is 14.5. The van der Waals surface area contributed by atoms with Crippen molar-refractivity contribution in [2.24, 2.45) is 0 Å². The van der Waals surface area contributed by atoms with Crippen LogP contribution in [0.1, 0.15) is 170 Å². The van der Waals surface area contributed by atoms with Crippen LogP contribution in [0.25, 0.3) is 0 Å². The number of nitrogens with zero attached hydrogens (tertiary/aromatic N) is 1. The summed E-state index contributed by atoms with van der Waals surface area (Å²) in [6, 6.07) is -1.74. The number of benzene rings is 3. The lowest BCUT2D eigenvalue weighted by molar-refractivity contribution is -1.04. The molecule has 0 heterocycles. The fraction of sp³-hybridized carbons (Fsp3) is 0.640. The summed E-state index contributed by atoms with van der Waals surface area (Å²) in [5, 5.41) is 0. The maximum absolute atomic E-state index is 15.9. The molecule has 3 rings (SSSR count). The molecule has 0 radical (unpaired) electrons. The van der Waals surface area contributed by atoms with Gasteiger partial charge in [-0.25, -0.2) is 0 Å². The summed E-state index contributed by atoms with van der Waals surface area (Å²) in [5.41, 5.74) is -16.6. The van der Waals surface area contributed by atoms with E-state index < -0.39 is 136 Å². The molecule has 0 spiro atoms. The molecule has 0 bridgehead atoms. The Kier molecular flexibility index (Phi) is 23.3. The number of ether oxygens (including phenoxy) is 2. The quantitative estimate of drug-likeness (QED) is 0.0228. The van der Waals surface area contributed by atoms with E-state index in [4.69, 9.17) is 23.4 Å². The summed E-state index contributed by atoms with van der Waals surface area (Å²) in [6.07, 6.45) is -27.1. The van der Waals surface area contributed by atoms with Gasteiger partial charge in [-0.15, -0.1) is 0 Å². The van der Waals surface area contributed by atoms with E-state index in [1.165, 1.54) is 6.92 Å². The molecule has 426 valence electrons. The smallest absolute Gasteiger partial charge is 0.490 e. The van der Waals surface area contributed by atoms with Crippen LogP contribution in [-0.2, 0) is 52.3 Å². The van der Waals surface area contributed by atoms with Gasteiger partial charge in [0.05, 0.1) is 65.2 Å². The van der Waals surface area contributed by atoms with Gasteiger partial charge in [-0.2, -0.15) is 79.0 Å². The van der Waals surface area contributed by atoms with Crippen LogP contribution in [0.4, 0.5) is 79.0 Å². The molecule has 0 aliphatic rings. The molecule has 0 aliphatic carbocycles. The largest absolute Gasteiger partial charge is 0.864 e. The van der Waals surface area contributed by atoms with Crippen LogP contribution in [0.3, 0.4) is 0 Å². The molecule has 0 aliphatic heterocycles. The summed E-state index contributed by atoms with van der Waals surface area (Å²) in [4.78, 5) is 0. The van der Waals surface area contributed by atoms with Gasteiger partial charge in [0.25, 0.3) is 0 Å². The first-order valence-electron chi connectivity index (χ1n) is 24.6. The zero-order valence-electron chi connectivity index (χ0n) is 42.3. The first-order chi connectivity index (χ1) is 34.6. The molecule has 3 aromatic carbocycles. The maximum Gasteiger partial charge on any atom is 0.864 e. The highest BCUT2D eigenvalue weighted by molar-refractivity contribution is 6.39. The van der Waals surface area contributed by atoms with Crippen LogP contribution >= 0.6 is 0 Å². The molecule has 2 unspecified atom stereocenters. The third-order valence-electron chi connectivity index (χ3n) is 12.5. The van der Waals surface area contributed by atoms with Crippen LogP contribution in [0.2, 0.25) is 0 Å². The SMILES string of the molecule is CCCCCCCC[N+](CCCCCCCC)(C(C)OCCC)C(C)(OCCC)c1c(OB(Oc2cc(C(F)(F)F)cc(C(F)(F)F)c2)Oc2cc(C(F)(F)F)cc(C(F)(F)F)c2)cc(C(F)(F)F)cc1C(F)(F)F. The van der Waals surface area contributed by atoms with Gasteiger partial charge < -0.3 is 23.4 Å². The zero-order valence-corrected chi connectivity index (χ0v) is 42.3. The Bertz CT molecular complexity index is 2070. The van der Waals surface area contributed by atoms with Crippen molar-refractivity contribution < 1.29 is 107 Å². The van der Waals surface area contributed by atoms with Gasteiger partial charge >= 0.3 is 44.4 Å². The van der Waals surface area contributed by atoms with Crippen LogP contribution in [-0.4, -0.2) is 44.3 Å². The molecule has 0 aromatic heterocycles. The average Bonchev–Trinajstić information content (AvgIpc) is 3.29. The number of halogens is 18. The second-order valence-electron chi connectivity index (χ2n) is 18.3. The number of alkyl halides is 18. The van der Waals surface area contributed by atoms with Gasteiger partial charge in [0.15, 0.2) is 6.23 Å². The first-order valence-corrected chi connectivity index (χ1v) is 24.6. The average molecular weight is 1110 g/mol. The van der Waals surface area contributed by atoms with Gasteiger partial charge in [0.1, 0.15) is 17.2 Å². The van der Waals surface area contributed by atoms with Gasteiger partial charge in [0.2, 0.25) is 5.72 Å². The van der Waals surface area contributed by atoms with E-state index in [0.29, 0.717) is 32.1 Å². The molecule has 3 aromatic rings. The number of quaternary nitrogens is 1. The van der Waals surface area contributed by atoms with Crippen LogP contribution in [0.15, 0.2) is 48.5 Å². The predicted octanol–water partition coefficient (Wildman–Crippen LogP) is 18.2. The summed E-state index contributed by atoms with van der Waals surface area (Å²) < 4.78 is 290. The van der Waals surface area contributed by atoms with Crippen molar-refractivity contribution in [1.29, 1.82) is 0 Å². The standard InChI is InChI=1S/C50H63BF18NO5/c1-7-11-13-15-17-19-21-70(33(5)71-23-9-3,22-20-18-16-14-12-8-2)44(6,72-24-10-4)43-41(50(67,68)69)31-38(49(64,65)66)32-42(43)75-51(73-39-27-34(45(52,53)54)25-35(28-39)46(55,56)57)74-40-29-36(47(58,59)60)26-37(30-40)48(61,62)63/h25-33H,7-24H2,1-6H3/q+1. The minimum Gasteiger partial charge on any atom is -0.490 e. The maximum atomic E-state index is 15.9. The topological polar surface area (TPSA) is 46.2 Å². The number of rotatable bonds is 29. The van der Waals surface area contributed by atoms with Gasteiger partial charge in [-0.05, 0) is 87.1 Å². The molecule has 0 N–H and O–H groups in total. The molecule has 6 nitrogen and oxygen atoms in total. The first kappa shape index (κ1) is 65.0. The highest BCUT2D eigenvalue weighted by Crippen LogP contribution is 2.52. The van der Waals surface area contributed by atoms with E-state index >= 15 is 13.2 Å². The van der Waals surface area contributed by atoms with Crippen molar-refractivity contribution in [2.75, 3.05) is 26.3 Å². The molecule has 0 saturated carbocycles. The Hall–Kier alpha value is -4.26. The molecular formula is C50H63BF18NO5+. The van der Waals surface area contributed by atoms with E-state index in [1.807, 2.05) is 13.8 Å². The second kappa shape index (κ2) is 26.9. The van der Waals surface area contributed by atoms with Crippen molar-refractivity contribution in [3.63, 3.8) is 0 Å². The lowest BCUT2D eigenvalue weighted by atomic mass is 9.88. The van der Waals surface area contributed by atoms with Crippen molar-refractivity contribution >= 4 is 7.32 Å². The van der Waals surface area contributed by atoms with Crippen molar-refractivity contribution in [1.82, 2.24) is 0 Å². The highest BCUT2D eigenvalue weighted by atomic mass is 19.4. The van der Waals surface area contributed by atoms with Crippen molar-refractivity contribution in [3.8, 4) is 17.2 Å². The minimum absolute atomic E-state index is 0.00190. The number of hydrogen-bond donors (Lipinski definition) is 0. The van der Waals surface area contributed by atoms with Crippen molar-refractivity contribution in [2.45, 2.75) is 180 Å². The summed E-state index contributed by atoms with van der Waals surface area (Å²) >= 11 is 0. The monoisotopic (exact) mass is 1110 g/mol. The Balaban J connectivity index is 2.68. The Labute approximate surface area is 425 Å². The summed E-state index contributed by atoms with van der Waals surface area (Å²) in [5.74, 6) is -4.82. The third-order valence-corrected chi connectivity index (χ3v) is 12.5. The molecule has 0 amide bonds. The van der Waals surface area contributed by atoms with E-state index in [1.54, 1.807) is 13.8 Å². The molecule has 0 fully saturated rings. The van der Waals surface area contributed by atoms with Crippen LogP contribution in [0, 0.1) is 0 Å². The fourth-order valence-electron chi connectivity index (χ4n) is 8.71. The van der Waals surface area contributed by atoms with E-state index in [-0.39, 0.29) is 75.4 Å². The van der Waals surface area contributed by atoms with Crippen molar-refractivity contribution in [3.05, 3.63) is 87.5 Å². The molecular weight excluding hydrogens is 1050 g/mol. The second-order valence-corrected chi connectivity index (χ2v) is 18.3. The molecule has 25 heteroatoms. The van der Waals surface area contributed by atoms with E-state index in [9.17, 15) is 65.9 Å². The third kappa shape index (κ3) is 18.4. The molecule has 75 heavy (non-hydrogen) atoms. The summed E-state index contributed by atoms with van der Waals surface area (Å²) in [7, 11) is -3.38. The Morgan fingerprint density at radius 3 is 1.13 bits per heavy atom. The Morgan fingerprint density at radius 2 is 0.787 bits per heavy atom. The van der Waals surface area contributed by atoms with Gasteiger partial charge in [-0.1, -0.05) is 79.1 Å². The molecule has 0 saturated heterocycles. The number of hydrogen-bond acceptors (Lipinski definition) is 5. The van der Waals surface area contributed by atoms with Gasteiger partial charge in [-0.3, -0.25) is 4.48 Å². The molecule has 2 atom stereocenters. The predicted molar refractivity (Wildman–Crippen MR) is 243 cm³/mol. The van der Waals surface area contributed by atoms with Crippen LogP contribution in [0.5, 0.6) is 17.2 Å². The van der Waals surface area contributed by atoms with E-state index in [0.717, 1.165) is 45.4 Å². The fourth-order valence-corrected chi connectivity index (χ4v) is 8.71.